The number of halogens is 1. The van der Waals surface area contributed by atoms with Crippen LogP contribution in [0.1, 0.15) is 11.4 Å². The Morgan fingerprint density at radius 3 is 2.55 bits per heavy atom. The Kier molecular flexibility index (Phi) is 4.40. The van der Waals surface area contributed by atoms with E-state index in [1.165, 1.54) is 24.3 Å². The molecule has 0 radical (unpaired) electrons. The van der Waals surface area contributed by atoms with Crippen molar-refractivity contribution in [2.45, 2.75) is 13.5 Å². The number of rotatable bonds is 5. The van der Waals surface area contributed by atoms with Crippen LogP contribution in [0.5, 0.6) is 5.75 Å². The van der Waals surface area contributed by atoms with Crippen LogP contribution < -0.4 is 10.1 Å². The smallest absolute Gasteiger partial charge is 0.258 e. The average Bonchev–Trinajstić information content (AvgIpc) is 2.76. The van der Waals surface area contributed by atoms with E-state index in [9.17, 15) is 9.18 Å². The fourth-order valence-electron chi connectivity index (χ4n) is 1.76. The molecule has 0 atom stereocenters. The van der Waals surface area contributed by atoms with Crippen LogP contribution in [0.2, 0.25) is 0 Å². The van der Waals surface area contributed by atoms with E-state index in [1.54, 1.807) is 0 Å². The zero-order valence-electron chi connectivity index (χ0n) is 11.5. The predicted octanol–water partition coefficient (Wildman–Crippen LogP) is 2.17. The Balaban J connectivity index is 1.78. The highest BCUT2D eigenvalue weighted by molar-refractivity contribution is 5.77. The molecule has 1 aromatic carbocycles. The molecule has 2 aromatic rings. The maximum absolute atomic E-state index is 12.7. The summed E-state index contributed by atoms with van der Waals surface area (Å²) in [7, 11) is 1.95. The van der Waals surface area contributed by atoms with Crippen molar-refractivity contribution in [3.05, 3.63) is 53.6 Å². The summed E-state index contributed by atoms with van der Waals surface area (Å²) >= 11 is 0. The lowest BCUT2D eigenvalue weighted by atomic mass is 10.3. The lowest BCUT2D eigenvalue weighted by Crippen LogP contribution is -2.29. The van der Waals surface area contributed by atoms with E-state index in [1.807, 2.05) is 30.7 Å². The third kappa shape index (κ3) is 3.60. The summed E-state index contributed by atoms with van der Waals surface area (Å²) in [6.07, 6.45) is 0. The van der Waals surface area contributed by atoms with E-state index in [0.29, 0.717) is 12.3 Å². The lowest BCUT2D eigenvalue weighted by molar-refractivity contribution is -0.123. The highest BCUT2D eigenvalue weighted by Crippen LogP contribution is 2.10. The molecule has 20 heavy (non-hydrogen) atoms. The number of amides is 1. The van der Waals surface area contributed by atoms with Crippen LogP contribution in [-0.4, -0.2) is 17.1 Å². The minimum Gasteiger partial charge on any atom is -0.484 e. The Labute approximate surface area is 117 Å². The number of hydrogen-bond donors (Lipinski definition) is 1. The van der Waals surface area contributed by atoms with Crippen molar-refractivity contribution < 1.29 is 13.9 Å². The minimum absolute atomic E-state index is 0.0883. The third-order valence-corrected chi connectivity index (χ3v) is 3.13. The van der Waals surface area contributed by atoms with Crippen molar-refractivity contribution in [1.29, 1.82) is 0 Å². The van der Waals surface area contributed by atoms with Crippen molar-refractivity contribution in [3.8, 4) is 5.75 Å². The van der Waals surface area contributed by atoms with Crippen molar-refractivity contribution >= 4 is 5.91 Å². The number of nitrogens with one attached hydrogen (secondary N) is 1. The maximum Gasteiger partial charge on any atom is 0.258 e. The molecule has 0 unspecified atom stereocenters. The molecule has 0 saturated heterocycles. The number of aromatic nitrogens is 1. The standard InChI is InChI=1S/C15H17FN2O2/c1-11-3-6-13(18(11)2)9-17-15(19)10-20-14-7-4-12(16)5-8-14/h3-8H,9-10H2,1-2H3,(H,17,19). The summed E-state index contributed by atoms with van der Waals surface area (Å²) in [6, 6.07) is 9.53. The van der Waals surface area contributed by atoms with Crippen LogP contribution >= 0.6 is 0 Å². The molecule has 106 valence electrons. The van der Waals surface area contributed by atoms with Gasteiger partial charge in [0.05, 0.1) is 6.54 Å². The fourth-order valence-corrected chi connectivity index (χ4v) is 1.76. The van der Waals surface area contributed by atoms with E-state index < -0.39 is 0 Å². The van der Waals surface area contributed by atoms with Gasteiger partial charge in [-0.25, -0.2) is 4.39 Å². The molecule has 0 fully saturated rings. The number of hydrogen-bond acceptors (Lipinski definition) is 2. The van der Waals surface area contributed by atoms with Gasteiger partial charge in [0.1, 0.15) is 11.6 Å². The second-order valence-electron chi connectivity index (χ2n) is 4.54. The molecular weight excluding hydrogens is 259 g/mol. The van der Waals surface area contributed by atoms with E-state index >= 15 is 0 Å². The second kappa shape index (κ2) is 6.23. The summed E-state index contributed by atoms with van der Waals surface area (Å²) in [6.45, 7) is 2.37. The molecule has 0 aliphatic rings. The van der Waals surface area contributed by atoms with Gasteiger partial charge in [-0.15, -0.1) is 0 Å². The van der Waals surface area contributed by atoms with Gasteiger partial charge in [-0.05, 0) is 43.3 Å². The fraction of sp³-hybridized carbons (Fsp3) is 0.267. The zero-order valence-corrected chi connectivity index (χ0v) is 11.5. The third-order valence-electron chi connectivity index (χ3n) is 3.13. The molecule has 0 aliphatic heterocycles. The Hall–Kier alpha value is -2.30. The van der Waals surface area contributed by atoms with Gasteiger partial charge in [-0.3, -0.25) is 4.79 Å². The molecule has 1 aromatic heterocycles. The van der Waals surface area contributed by atoms with E-state index in [0.717, 1.165) is 11.4 Å². The van der Waals surface area contributed by atoms with Gasteiger partial charge >= 0.3 is 0 Å². The summed E-state index contributed by atoms with van der Waals surface area (Å²) in [4.78, 5) is 11.7. The molecule has 0 aliphatic carbocycles. The summed E-state index contributed by atoms with van der Waals surface area (Å²) < 4.78 is 20.0. The summed E-state index contributed by atoms with van der Waals surface area (Å²) in [5.74, 6) is -0.0784. The van der Waals surface area contributed by atoms with Gasteiger partial charge in [-0.1, -0.05) is 0 Å². The first-order valence-electron chi connectivity index (χ1n) is 6.32. The highest BCUT2D eigenvalue weighted by Gasteiger charge is 2.05. The van der Waals surface area contributed by atoms with Crippen molar-refractivity contribution in [1.82, 2.24) is 9.88 Å². The molecule has 2 rings (SSSR count). The normalized spacial score (nSPS) is 10.3. The first-order valence-corrected chi connectivity index (χ1v) is 6.32. The first kappa shape index (κ1) is 14.1. The van der Waals surface area contributed by atoms with Gasteiger partial charge in [0.2, 0.25) is 0 Å². The molecule has 5 heteroatoms. The second-order valence-corrected chi connectivity index (χ2v) is 4.54. The van der Waals surface area contributed by atoms with Gasteiger partial charge in [0.15, 0.2) is 6.61 Å². The minimum atomic E-state index is -0.333. The molecular formula is C15H17FN2O2. The van der Waals surface area contributed by atoms with E-state index in [2.05, 4.69) is 5.32 Å². The van der Waals surface area contributed by atoms with Crippen LogP contribution in [0.4, 0.5) is 4.39 Å². The maximum atomic E-state index is 12.7. The van der Waals surface area contributed by atoms with Crippen molar-refractivity contribution in [2.24, 2.45) is 7.05 Å². The van der Waals surface area contributed by atoms with Crippen molar-refractivity contribution in [2.75, 3.05) is 6.61 Å². The molecule has 1 amide bonds. The van der Waals surface area contributed by atoms with Crippen molar-refractivity contribution in [3.63, 3.8) is 0 Å². The average molecular weight is 276 g/mol. The van der Waals surface area contributed by atoms with E-state index in [-0.39, 0.29) is 18.3 Å². The number of carbonyl (C=O) groups is 1. The molecule has 0 bridgehead atoms. The summed E-state index contributed by atoms with van der Waals surface area (Å²) in [5.41, 5.74) is 2.16. The number of benzene rings is 1. The monoisotopic (exact) mass is 276 g/mol. The van der Waals surface area contributed by atoms with Crippen LogP contribution in [0.25, 0.3) is 0 Å². The number of ether oxygens (including phenoxy) is 1. The molecule has 1 N–H and O–H groups in total. The molecule has 4 nitrogen and oxygen atoms in total. The number of aryl methyl sites for hydroxylation is 1. The molecule has 1 heterocycles. The zero-order chi connectivity index (χ0) is 14.5. The topological polar surface area (TPSA) is 43.3 Å². The van der Waals surface area contributed by atoms with Gasteiger partial charge in [0.25, 0.3) is 5.91 Å². The highest BCUT2D eigenvalue weighted by atomic mass is 19.1. The Morgan fingerprint density at radius 1 is 1.25 bits per heavy atom. The van der Waals surface area contributed by atoms with Crippen LogP contribution in [-0.2, 0) is 18.4 Å². The van der Waals surface area contributed by atoms with Gasteiger partial charge in [0, 0.05) is 18.4 Å². The quantitative estimate of drug-likeness (QED) is 0.909. The molecule has 0 saturated carbocycles. The van der Waals surface area contributed by atoms with Crippen LogP contribution in [0, 0.1) is 12.7 Å². The summed E-state index contributed by atoms with van der Waals surface area (Å²) in [5, 5.41) is 2.78. The predicted molar refractivity (Wildman–Crippen MR) is 73.9 cm³/mol. The van der Waals surface area contributed by atoms with Gasteiger partial charge in [-0.2, -0.15) is 0 Å². The van der Waals surface area contributed by atoms with Gasteiger partial charge < -0.3 is 14.6 Å². The largest absolute Gasteiger partial charge is 0.484 e. The van der Waals surface area contributed by atoms with Crippen LogP contribution in [0.3, 0.4) is 0 Å². The molecule has 0 spiro atoms. The number of nitrogens with zero attached hydrogens (tertiary/aromatic N) is 1. The first-order chi connectivity index (χ1) is 9.56. The van der Waals surface area contributed by atoms with Crippen LogP contribution in [0.15, 0.2) is 36.4 Å². The Morgan fingerprint density at radius 2 is 1.95 bits per heavy atom. The number of carbonyl (C=O) groups excluding carboxylic acids is 1. The Bertz CT molecular complexity index is 590. The SMILES string of the molecule is Cc1ccc(CNC(=O)COc2ccc(F)cc2)n1C. The lowest BCUT2D eigenvalue weighted by Gasteiger charge is -2.09. The van der Waals surface area contributed by atoms with E-state index in [4.69, 9.17) is 4.74 Å².